The average molecular weight is 445 g/mol. The normalized spacial score (nSPS) is 12.1. The third kappa shape index (κ3) is 3.97. The Hall–Kier alpha value is -1.06. The molecule has 2 aromatic heterocycles. The van der Waals surface area contributed by atoms with Crippen LogP contribution >= 0.6 is 0 Å². The largest absolute Gasteiger partial charge is 0.255 e. The standard InChI is InChI=1S/C17H22N2.Os/c1-5-13(4)15-7-9-19-17(11-15)16-10-14(12(2)3)6-8-18-16;/h6-13H,5H2,1-4H3;. The van der Waals surface area contributed by atoms with E-state index in [2.05, 4.69) is 61.9 Å². The number of rotatable bonds is 4. The molecule has 2 nitrogen and oxygen atoms in total. The molecule has 2 aromatic rings. The van der Waals surface area contributed by atoms with Crippen molar-refractivity contribution in [1.82, 2.24) is 9.97 Å². The van der Waals surface area contributed by atoms with E-state index in [1.807, 2.05) is 12.4 Å². The molecule has 0 saturated heterocycles. The van der Waals surface area contributed by atoms with E-state index >= 15 is 0 Å². The molecule has 0 aliphatic heterocycles. The Morgan fingerprint density at radius 3 is 1.90 bits per heavy atom. The van der Waals surface area contributed by atoms with Gasteiger partial charge >= 0.3 is 0 Å². The summed E-state index contributed by atoms with van der Waals surface area (Å²) in [6.45, 7) is 8.85. The topological polar surface area (TPSA) is 25.8 Å². The van der Waals surface area contributed by atoms with E-state index in [4.69, 9.17) is 0 Å². The minimum atomic E-state index is 0. The van der Waals surface area contributed by atoms with Gasteiger partial charge in [-0.2, -0.15) is 0 Å². The SMILES string of the molecule is CCC(C)c1ccnc(-c2cc(C(C)C)ccn2)c1.[Os]. The van der Waals surface area contributed by atoms with Gasteiger partial charge in [-0.3, -0.25) is 9.97 Å². The van der Waals surface area contributed by atoms with Crippen molar-refractivity contribution in [2.45, 2.75) is 46.0 Å². The number of pyridine rings is 2. The van der Waals surface area contributed by atoms with Crippen LogP contribution in [0.1, 0.15) is 57.1 Å². The summed E-state index contributed by atoms with van der Waals surface area (Å²) in [5.41, 5.74) is 4.58. The quantitative estimate of drug-likeness (QED) is 0.678. The van der Waals surface area contributed by atoms with Gasteiger partial charge in [-0.1, -0.05) is 27.7 Å². The van der Waals surface area contributed by atoms with Crippen LogP contribution in [0.3, 0.4) is 0 Å². The molecule has 20 heavy (non-hydrogen) atoms. The molecule has 108 valence electrons. The van der Waals surface area contributed by atoms with Crippen LogP contribution in [-0.4, -0.2) is 9.97 Å². The summed E-state index contributed by atoms with van der Waals surface area (Å²) in [6.07, 6.45) is 4.91. The molecular formula is C17H22N2Os. The zero-order valence-corrected chi connectivity index (χ0v) is 15.1. The fraction of sp³-hybridized carbons (Fsp3) is 0.412. The predicted octanol–water partition coefficient (Wildman–Crippen LogP) is 4.78. The molecule has 0 radical (unpaired) electrons. The molecule has 0 N–H and O–H groups in total. The molecule has 0 aliphatic rings. The first kappa shape index (κ1) is 17.0. The molecule has 0 aromatic carbocycles. The van der Waals surface area contributed by atoms with Crippen LogP contribution in [0.4, 0.5) is 0 Å². The number of hydrogen-bond acceptors (Lipinski definition) is 2. The van der Waals surface area contributed by atoms with Crippen LogP contribution < -0.4 is 0 Å². The second-order valence-corrected chi connectivity index (χ2v) is 5.41. The zero-order chi connectivity index (χ0) is 13.8. The molecule has 3 heteroatoms. The maximum atomic E-state index is 4.46. The minimum Gasteiger partial charge on any atom is -0.255 e. The van der Waals surface area contributed by atoms with Gasteiger partial charge in [0, 0.05) is 32.2 Å². The Kier molecular flexibility index (Phi) is 6.50. The average Bonchev–Trinajstić information content (AvgIpc) is 2.46. The zero-order valence-electron chi connectivity index (χ0n) is 12.6. The van der Waals surface area contributed by atoms with E-state index in [0.29, 0.717) is 11.8 Å². The van der Waals surface area contributed by atoms with Crippen LogP contribution in [0.15, 0.2) is 36.7 Å². The van der Waals surface area contributed by atoms with Crippen LogP contribution in [0.5, 0.6) is 0 Å². The van der Waals surface area contributed by atoms with Crippen molar-refractivity contribution in [2.75, 3.05) is 0 Å². The fourth-order valence-corrected chi connectivity index (χ4v) is 2.08. The third-order valence-electron chi connectivity index (χ3n) is 3.68. The van der Waals surface area contributed by atoms with Crippen LogP contribution in [0.2, 0.25) is 0 Å². The molecule has 2 heterocycles. The van der Waals surface area contributed by atoms with Gasteiger partial charge < -0.3 is 0 Å². The Morgan fingerprint density at radius 1 is 0.900 bits per heavy atom. The van der Waals surface area contributed by atoms with Gasteiger partial charge in [0.1, 0.15) is 0 Å². The van der Waals surface area contributed by atoms with E-state index in [1.54, 1.807) is 0 Å². The number of nitrogens with zero attached hydrogens (tertiary/aromatic N) is 2. The molecule has 0 spiro atoms. The molecule has 0 fully saturated rings. The molecule has 2 rings (SSSR count). The van der Waals surface area contributed by atoms with Crippen molar-refractivity contribution in [2.24, 2.45) is 0 Å². The van der Waals surface area contributed by atoms with Crippen LogP contribution in [-0.2, 0) is 19.8 Å². The van der Waals surface area contributed by atoms with Gasteiger partial charge in [0.05, 0.1) is 11.4 Å². The maximum Gasteiger partial charge on any atom is 0.0889 e. The Bertz CT molecular complexity index is 552. The summed E-state index contributed by atoms with van der Waals surface area (Å²) in [6, 6.07) is 8.49. The van der Waals surface area contributed by atoms with Crippen molar-refractivity contribution >= 4 is 0 Å². The molecule has 1 unspecified atom stereocenters. The first-order valence-electron chi connectivity index (χ1n) is 7.04. The summed E-state index contributed by atoms with van der Waals surface area (Å²) in [4.78, 5) is 8.92. The molecule has 0 saturated carbocycles. The van der Waals surface area contributed by atoms with Crippen molar-refractivity contribution < 1.29 is 19.8 Å². The van der Waals surface area contributed by atoms with Gasteiger partial charge in [0.15, 0.2) is 0 Å². The van der Waals surface area contributed by atoms with E-state index in [-0.39, 0.29) is 19.8 Å². The molecule has 0 bridgehead atoms. The van der Waals surface area contributed by atoms with Crippen molar-refractivity contribution in [3.05, 3.63) is 47.8 Å². The van der Waals surface area contributed by atoms with Crippen LogP contribution in [0.25, 0.3) is 11.4 Å². The molecule has 0 amide bonds. The number of hydrogen-bond donors (Lipinski definition) is 0. The van der Waals surface area contributed by atoms with Gasteiger partial charge in [-0.15, -0.1) is 0 Å². The van der Waals surface area contributed by atoms with Gasteiger partial charge in [-0.25, -0.2) is 0 Å². The Labute approximate surface area is 135 Å². The van der Waals surface area contributed by atoms with Gasteiger partial charge in [0.25, 0.3) is 0 Å². The monoisotopic (exact) mass is 446 g/mol. The predicted molar refractivity (Wildman–Crippen MR) is 80.3 cm³/mol. The first-order chi connectivity index (χ1) is 9.11. The van der Waals surface area contributed by atoms with E-state index in [9.17, 15) is 0 Å². The summed E-state index contributed by atoms with van der Waals surface area (Å²) in [5, 5.41) is 0. The van der Waals surface area contributed by atoms with Crippen molar-refractivity contribution in [3.8, 4) is 11.4 Å². The third-order valence-corrected chi connectivity index (χ3v) is 3.68. The number of aromatic nitrogens is 2. The Balaban J connectivity index is 0.00000200. The summed E-state index contributed by atoms with van der Waals surface area (Å²) in [7, 11) is 0. The molecule has 0 aliphatic carbocycles. The maximum absolute atomic E-state index is 4.46. The van der Waals surface area contributed by atoms with Gasteiger partial charge in [0.2, 0.25) is 0 Å². The summed E-state index contributed by atoms with van der Waals surface area (Å²) < 4.78 is 0. The van der Waals surface area contributed by atoms with Crippen LogP contribution in [0, 0.1) is 0 Å². The summed E-state index contributed by atoms with van der Waals surface area (Å²) >= 11 is 0. The fourth-order valence-electron chi connectivity index (χ4n) is 2.08. The molecular weight excluding hydrogens is 422 g/mol. The second kappa shape index (κ2) is 7.65. The van der Waals surface area contributed by atoms with Gasteiger partial charge in [-0.05, 0) is 53.6 Å². The van der Waals surface area contributed by atoms with Crippen molar-refractivity contribution in [3.63, 3.8) is 0 Å². The van der Waals surface area contributed by atoms with E-state index < -0.39 is 0 Å². The van der Waals surface area contributed by atoms with E-state index in [0.717, 1.165) is 17.8 Å². The smallest absolute Gasteiger partial charge is 0.0889 e. The van der Waals surface area contributed by atoms with E-state index in [1.165, 1.54) is 11.1 Å². The first-order valence-corrected chi connectivity index (χ1v) is 7.04. The minimum absolute atomic E-state index is 0. The Morgan fingerprint density at radius 2 is 1.40 bits per heavy atom. The second-order valence-electron chi connectivity index (χ2n) is 5.41. The molecule has 1 atom stereocenters. The summed E-state index contributed by atoms with van der Waals surface area (Å²) in [5.74, 6) is 1.08. The van der Waals surface area contributed by atoms with Crippen molar-refractivity contribution in [1.29, 1.82) is 0 Å².